The number of amides is 2. The molecule has 4 heterocycles. The van der Waals surface area contributed by atoms with Crippen LogP contribution in [0.4, 0.5) is 26.3 Å². The van der Waals surface area contributed by atoms with Crippen LogP contribution in [0.1, 0.15) is 98.1 Å². The SMILES string of the molecule is CC[C@@H]1CC12N(C(=O)c1ncccc1C(F)(F)F)CCC[C@@]2(Oc1csc(C(F)(F)F)c1)C(=O)N1CCC(C#N)(c2ccccc2O[C@@H]2CC[C@](C)(C(=O)O)C2)CC1. The van der Waals surface area contributed by atoms with Gasteiger partial charge in [-0.2, -0.15) is 31.6 Å². The molecule has 310 valence electrons. The van der Waals surface area contributed by atoms with E-state index in [1.165, 1.54) is 9.80 Å². The Balaban J connectivity index is 1.23. The molecule has 7 rings (SSSR count). The number of thiophene rings is 1. The van der Waals surface area contributed by atoms with Crippen LogP contribution < -0.4 is 9.47 Å². The number of pyridine rings is 1. The lowest BCUT2D eigenvalue weighted by molar-refractivity contribution is -0.164. The zero-order chi connectivity index (χ0) is 41.9. The highest BCUT2D eigenvalue weighted by Gasteiger charge is 2.76. The van der Waals surface area contributed by atoms with Crippen LogP contribution in [0.5, 0.6) is 11.5 Å². The average molecular weight is 833 g/mol. The number of nitriles is 1. The molecule has 4 fully saturated rings. The van der Waals surface area contributed by atoms with Crippen LogP contribution in [0.15, 0.2) is 54.0 Å². The molecule has 4 aliphatic rings. The van der Waals surface area contributed by atoms with E-state index in [4.69, 9.17) is 9.47 Å². The Morgan fingerprint density at radius 3 is 2.33 bits per heavy atom. The Morgan fingerprint density at radius 2 is 1.72 bits per heavy atom. The first-order valence-corrected chi connectivity index (χ1v) is 20.1. The molecule has 10 nitrogen and oxygen atoms in total. The molecule has 2 amide bonds. The van der Waals surface area contributed by atoms with E-state index in [0.717, 1.165) is 29.8 Å². The maximum Gasteiger partial charge on any atom is 0.425 e. The number of halogens is 6. The van der Waals surface area contributed by atoms with E-state index in [1.807, 2.05) is 0 Å². The number of nitrogens with zero attached hydrogens (tertiary/aromatic N) is 4. The fourth-order valence-electron chi connectivity index (χ4n) is 9.57. The molecule has 58 heavy (non-hydrogen) atoms. The Kier molecular flexibility index (Phi) is 10.5. The number of para-hydroxylation sites is 1. The van der Waals surface area contributed by atoms with Crippen molar-refractivity contribution >= 4 is 29.1 Å². The number of carboxylic acids is 1. The first-order valence-electron chi connectivity index (χ1n) is 19.2. The Bertz CT molecular complexity index is 2130. The summed E-state index contributed by atoms with van der Waals surface area (Å²) >= 11 is 0.373. The van der Waals surface area contributed by atoms with E-state index in [1.54, 1.807) is 38.1 Å². The van der Waals surface area contributed by atoms with Crippen LogP contribution >= 0.6 is 11.3 Å². The number of carbonyl (C=O) groups is 3. The predicted molar refractivity (Wildman–Crippen MR) is 197 cm³/mol. The highest BCUT2D eigenvalue weighted by Crippen LogP contribution is 2.63. The largest absolute Gasteiger partial charge is 0.490 e. The second-order valence-electron chi connectivity index (χ2n) is 16.1. The molecule has 2 aromatic heterocycles. The van der Waals surface area contributed by atoms with Gasteiger partial charge in [-0.25, -0.2) is 0 Å². The van der Waals surface area contributed by atoms with Crippen molar-refractivity contribution in [3.05, 3.63) is 75.7 Å². The molecule has 2 aliphatic heterocycles. The second-order valence-corrected chi connectivity index (χ2v) is 17.0. The third-order valence-electron chi connectivity index (χ3n) is 12.7. The summed E-state index contributed by atoms with van der Waals surface area (Å²) < 4.78 is 96.9. The zero-order valence-electron chi connectivity index (χ0n) is 31.8. The van der Waals surface area contributed by atoms with Crippen LogP contribution in [-0.4, -0.2) is 74.6 Å². The molecular weight excluding hydrogens is 791 g/mol. The van der Waals surface area contributed by atoms with Crippen LogP contribution in [0.25, 0.3) is 0 Å². The molecule has 2 saturated carbocycles. The average Bonchev–Trinajstić information content (AvgIpc) is 3.48. The van der Waals surface area contributed by atoms with Crippen molar-refractivity contribution in [2.75, 3.05) is 19.6 Å². The van der Waals surface area contributed by atoms with Gasteiger partial charge in [0, 0.05) is 55.7 Å². The number of hydrogen-bond acceptors (Lipinski definition) is 8. The molecule has 1 unspecified atom stereocenters. The normalized spacial score (nSPS) is 28.2. The van der Waals surface area contributed by atoms with Crippen molar-refractivity contribution in [3.8, 4) is 17.6 Å². The monoisotopic (exact) mass is 832 g/mol. The van der Waals surface area contributed by atoms with Crippen molar-refractivity contribution in [2.24, 2.45) is 11.3 Å². The third kappa shape index (κ3) is 6.94. The molecular formula is C41H42F6N4O6S. The molecule has 0 radical (unpaired) electrons. The maximum atomic E-state index is 15.3. The quantitative estimate of drug-likeness (QED) is 0.212. The zero-order valence-corrected chi connectivity index (χ0v) is 32.6. The van der Waals surface area contributed by atoms with E-state index >= 15 is 4.79 Å². The van der Waals surface area contributed by atoms with Gasteiger partial charge in [-0.1, -0.05) is 31.5 Å². The van der Waals surface area contributed by atoms with E-state index in [0.29, 0.717) is 41.9 Å². The summed E-state index contributed by atoms with van der Waals surface area (Å²) in [5.74, 6) is -2.88. The number of carbonyl (C=O) groups excluding carboxylic acids is 2. The Labute approximate surface area is 334 Å². The topological polar surface area (TPSA) is 133 Å². The lowest BCUT2D eigenvalue weighted by Crippen LogP contribution is -2.71. The highest BCUT2D eigenvalue weighted by molar-refractivity contribution is 7.10. The van der Waals surface area contributed by atoms with Gasteiger partial charge in [0.15, 0.2) is 0 Å². The first kappa shape index (κ1) is 41.3. The van der Waals surface area contributed by atoms with Crippen LogP contribution in [-0.2, 0) is 27.4 Å². The van der Waals surface area contributed by atoms with Gasteiger partial charge in [-0.05, 0) is 69.6 Å². The molecule has 1 spiro atoms. The highest BCUT2D eigenvalue weighted by atomic mass is 32.1. The number of rotatable bonds is 9. The van der Waals surface area contributed by atoms with Crippen LogP contribution in [0, 0.1) is 22.7 Å². The Morgan fingerprint density at radius 1 is 1.00 bits per heavy atom. The van der Waals surface area contributed by atoms with Crippen LogP contribution in [0.3, 0.4) is 0 Å². The third-order valence-corrected chi connectivity index (χ3v) is 13.7. The number of aromatic nitrogens is 1. The summed E-state index contributed by atoms with van der Waals surface area (Å²) in [4.78, 5) is 47.1. The summed E-state index contributed by atoms with van der Waals surface area (Å²) in [7, 11) is 0. The summed E-state index contributed by atoms with van der Waals surface area (Å²) in [6.45, 7) is 3.44. The van der Waals surface area contributed by atoms with Gasteiger partial charge in [0.05, 0.1) is 34.1 Å². The number of carboxylic acid groups (broad SMARTS) is 1. The molecule has 1 N–H and O–H groups in total. The minimum Gasteiger partial charge on any atom is -0.490 e. The van der Waals surface area contributed by atoms with Gasteiger partial charge < -0.3 is 24.4 Å². The summed E-state index contributed by atoms with van der Waals surface area (Å²) in [5, 5.41) is 21.6. The van der Waals surface area contributed by atoms with Crippen LogP contribution in [0.2, 0.25) is 0 Å². The smallest absolute Gasteiger partial charge is 0.425 e. The first-order chi connectivity index (χ1) is 27.3. The van der Waals surface area contributed by atoms with Gasteiger partial charge in [-0.15, -0.1) is 11.3 Å². The van der Waals surface area contributed by atoms with Gasteiger partial charge in [0.1, 0.15) is 22.1 Å². The lowest BCUT2D eigenvalue weighted by Gasteiger charge is -2.52. The summed E-state index contributed by atoms with van der Waals surface area (Å²) in [5.41, 5.74) is -7.13. The lowest BCUT2D eigenvalue weighted by atomic mass is 9.72. The van der Waals surface area contributed by atoms with E-state index in [2.05, 4.69) is 11.1 Å². The number of aliphatic carboxylic acids is 1. The number of likely N-dealkylation sites (tertiary alicyclic amines) is 2. The number of piperidine rings is 2. The van der Waals surface area contributed by atoms with E-state index in [9.17, 15) is 46.3 Å². The molecule has 17 heteroatoms. The number of hydrogen-bond donors (Lipinski definition) is 1. The molecule has 1 aromatic carbocycles. The Hall–Kier alpha value is -4.85. The molecule has 3 aromatic rings. The van der Waals surface area contributed by atoms with Gasteiger partial charge in [0.25, 0.3) is 11.8 Å². The minimum atomic E-state index is -4.93. The van der Waals surface area contributed by atoms with Crippen molar-refractivity contribution in [2.45, 2.75) is 107 Å². The molecule has 0 bridgehead atoms. The standard InChI is InChI=1S/C41H42F6N4O6S/c1-3-25-21-38(25)39(57-27-20-31(58-23-27)41(45,46)47,12-7-17-51(38)33(52)32-29(40(42,43)44)9-6-16-49-32)34(53)50-18-14-37(24-48,15-19-50)28-8-4-5-10-30(28)56-26-11-13-36(2,22-26)35(54)55/h4-6,8-10,16,20,23,25-26H,3,7,11-15,17-19,21-22H2,1-2H3,(H,54,55)/t25-,26-,36+,38?,39-/m1/s1. The fourth-order valence-corrected chi connectivity index (χ4v) is 10.2. The molecule has 2 saturated heterocycles. The number of alkyl halides is 6. The van der Waals surface area contributed by atoms with Crippen molar-refractivity contribution in [1.82, 2.24) is 14.8 Å². The predicted octanol–water partition coefficient (Wildman–Crippen LogP) is 8.51. The van der Waals surface area contributed by atoms with Crippen molar-refractivity contribution in [1.29, 1.82) is 5.26 Å². The maximum absolute atomic E-state index is 15.3. The van der Waals surface area contributed by atoms with Gasteiger partial charge >= 0.3 is 18.3 Å². The summed E-state index contributed by atoms with van der Waals surface area (Å²) in [6, 6.07) is 12.0. The van der Waals surface area contributed by atoms with Gasteiger partial charge in [0.2, 0.25) is 5.60 Å². The molecule has 2 aliphatic carbocycles. The number of ether oxygens (including phenoxy) is 2. The van der Waals surface area contributed by atoms with Crippen molar-refractivity contribution in [3.63, 3.8) is 0 Å². The van der Waals surface area contributed by atoms with E-state index < -0.39 is 80.3 Å². The number of benzene rings is 1. The van der Waals surface area contributed by atoms with Gasteiger partial charge in [-0.3, -0.25) is 19.4 Å². The summed E-state index contributed by atoms with van der Waals surface area (Å²) in [6.07, 6.45) is -6.93. The second kappa shape index (κ2) is 14.8. The van der Waals surface area contributed by atoms with E-state index in [-0.39, 0.29) is 63.9 Å². The minimum absolute atomic E-state index is 0.00305. The fraction of sp³-hybridized carbons (Fsp3) is 0.537. The molecule has 5 atom stereocenters. The van der Waals surface area contributed by atoms with Crippen molar-refractivity contribution < 1.29 is 55.3 Å².